The molecule has 5 heteroatoms. The van der Waals surface area contributed by atoms with E-state index in [1.54, 1.807) is 17.7 Å². The maximum atomic E-state index is 8.69. The molecule has 2 aromatic rings. The van der Waals surface area contributed by atoms with Gasteiger partial charge in [0.2, 0.25) is 0 Å². The van der Waals surface area contributed by atoms with E-state index in [0.29, 0.717) is 0 Å². The number of rotatable bonds is 4. The molecule has 0 aliphatic carbocycles. The van der Waals surface area contributed by atoms with Gasteiger partial charge in [0.15, 0.2) is 0 Å². The molecule has 0 radical (unpaired) electrons. The van der Waals surface area contributed by atoms with Crippen LogP contribution in [-0.2, 0) is 0 Å². The zero-order valence-corrected chi connectivity index (χ0v) is 9.34. The van der Waals surface area contributed by atoms with Crippen molar-refractivity contribution in [2.75, 3.05) is 18.5 Å². The summed E-state index contributed by atoms with van der Waals surface area (Å²) in [4.78, 5) is 8.44. The Hall–Kier alpha value is -1.20. The monoisotopic (exact) mass is 223 g/mol. The Morgan fingerprint density at radius 3 is 3.13 bits per heavy atom. The lowest BCUT2D eigenvalue weighted by Crippen LogP contribution is -2.05. The van der Waals surface area contributed by atoms with E-state index in [2.05, 4.69) is 20.7 Å². The molecule has 0 aliphatic rings. The van der Waals surface area contributed by atoms with Gasteiger partial charge in [-0.1, -0.05) is 0 Å². The highest BCUT2D eigenvalue weighted by atomic mass is 32.1. The Kier molecular flexibility index (Phi) is 3.13. The fraction of sp³-hybridized carbons (Fsp3) is 0.400. The van der Waals surface area contributed by atoms with Crippen molar-refractivity contribution in [3.63, 3.8) is 0 Å². The second kappa shape index (κ2) is 4.55. The third-order valence-corrected chi connectivity index (χ3v) is 3.25. The topological polar surface area (TPSA) is 58.0 Å². The molecule has 0 atom stereocenters. The molecule has 0 spiro atoms. The second-order valence-electron chi connectivity index (χ2n) is 3.32. The van der Waals surface area contributed by atoms with Crippen LogP contribution >= 0.6 is 11.3 Å². The summed E-state index contributed by atoms with van der Waals surface area (Å²) in [5.74, 6) is 0.867. The predicted octanol–water partition coefficient (Wildman–Crippen LogP) is 1.79. The minimum atomic E-state index is 0.199. The number of fused-ring (bicyclic) bond motifs is 1. The van der Waals surface area contributed by atoms with Crippen LogP contribution in [-0.4, -0.2) is 28.2 Å². The van der Waals surface area contributed by atoms with Crippen molar-refractivity contribution in [1.82, 2.24) is 9.97 Å². The van der Waals surface area contributed by atoms with Gasteiger partial charge in [-0.05, 0) is 24.3 Å². The van der Waals surface area contributed by atoms with Crippen molar-refractivity contribution in [3.05, 3.63) is 17.3 Å². The number of nitrogens with one attached hydrogen (secondary N) is 1. The van der Waals surface area contributed by atoms with Gasteiger partial charge in [0.1, 0.15) is 12.1 Å². The smallest absolute Gasteiger partial charge is 0.147 e. The summed E-state index contributed by atoms with van der Waals surface area (Å²) in [6.45, 7) is 2.98. The van der Waals surface area contributed by atoms with Gasteiger partial charge in [0.25, 0.3) is 0 Å². The summed E-state index contributed by atoms with van der Waals surface area (Å²) in [5.41, 5.74) is 2.20. The van der Waals surface area contributed by atoms with Gasteiger partial charge < -0.3 is 10.4 Å². The molecule has 2 N–H and O–H groups in total. The number of aromatic nitrogens is 2. The van der Waals surface area contributed by atoms with Gasteiger partial charge in [-0.3, -0.25) is 0 Å². The highest BCUT2D eigenvalue weighted by molar-refractivity contribution is 7.18. The number of nitrogens with zero attached hydrogens (tertiary/aromatic N) is 2. The molecule has 2 aromatic heterocycles. The molecule has 0 fully saturated rings. The van der Waals surface area contributed by atoms with Gasteiger partial charge >= 0.3 is 0 Å². The van der Waals surface area contributed by atoms with Crippen LogP contribution in [0.4, 0.5) is 5.82 Å². The van der Waals surface area contributed by atoms with Crippen molar-refractivity contribution in [2.24, 2.45) is 0 Å². The summed E-state index contributed by atoms with van der Waals surface area (Å²) >= 11 is 1.65. The third kappa shape index (κ3) is 2.08. The second-order valence-corrected chi connectivity index (χ2v) is 4.20. The molecule has 4 nitrogen and oxygen atoms in total. The highest BCUT2D eigenvalue weighted by Gasteiger charge is 2.06. The largest absolute Gasteiger partial charge is 0.396 e. The summed E-state index contributed by atoms with van der Waals surface area (Å²) < 4.78 is 1.09. The van der Waals surface area contributed by atoms with Crippen LogP contribution in [0.5, 0.6) is 0 Å². The first-order chi connectivity index (χ1) is 7.33. The predicted molar refractivity (Wildman–Crippen MR) is 62.3 cm³/mol. The molecule has 80 valence electrons. The number of aliphatic hydroxyl groups excluding tert-OH is 1. The van der Waals surface area contributed by atoms with Gasteiger partial charge in [-0.2, -0.15) is 0 Å². The molecule has 0 bridgehead atoms. The molecule has 2 rings (SSSR count). The first kappa shape index (κ1) is 10.3. The van der Waals surface area contributed by atoms with E-state index in [0.717, 1.165) is 29.0 Å². The normalized spacial score (nSPS) is 10.8. The Morgan fingerprint density at radius 1 is 1.47 bits per heavy atom. The van der Waals surface area contributed by atoms with Crippen molar-refractivity contribution < 1.29 is 5.11 Å². The maximum absolute atomic E-state index is 8.69. The van der Waals surface area contributed by atoms with Crippen molar-refractivity contribution in [2.45, 2.75) is 13.3 Å². The molecular formula is C10H13N3OS. The summed E-state index contributed by atoms with van der Waals surface area (Å²) in [7, 11) is 0. The van der Waals surface area contributed by atoms with Crippen LogP contribution in [0.1, 0.15) is 12.0 Å². The first-order valence-electron chi connectivity index (χ1n) is 4.86. The number of thiophene rings is 1. The van der Waals surface area contributed by atoms with E-state index >= 15 is 0 Å². The third-order valence-electron chi connectivity index (χ3n) is 2.16. The molecule has 0 aliphatic heterocycles. The van der Waals surface area contributed by atoms with Gasteiger partial charge in [0.05, 0.1) is 10.2 Å². The lowest BCUT2D eigenvalue weighted by Gasteiger charge is -2.04. The number of anilines is 1. The lowest BCUT2D eigenvalue weighted by atomic mass is 10.3. The van der Waals surface area contributed by atoms with Crippen LogP contribution in [0.2, 0.25) is 0 Å². The summed E-state index contributed by atoms with van der Waals surface area (Å²) in [6.07, 6.45) is 2.30. The first-order valence-corrected chi connectivity index (χ1v) is 5.74. The average Bonchev–Trinajstić information content (AvgIpc) is 2.62. The Morgan fingerprint density at radius 2 is 2.33 bits per heavy atom. The summed E-state index contributed by atoms with van der Waals surface area (Å²) in [6, 6.07) is 0. The Labute approximate surface area is 92.0 Å². The van der Waals surface area contributed by atoms with Crippen LogP contribution < -0.4 is 5.32 Å². The van der Waals surface area contributed by atoms with E-state index < -0.39 is 0 Å². The van der Waals surface area contributed by atoms with E-state index in [-0.39, 0.29) is 6.61 Å². The quantitative estimate of drug-likeness (QED) is 0.776. The number of hydrogen-bond donors (Lipinski definition) is 2. The fourth-order valence-corrected chi connectivity index (χ4v) is 2.35. The van der Waals surface area contributed by atoms with Crippen molar-refractivity contribution in [1.29, 1.82) is 0 Å². The molecule has 0 aromatic carbocycles. The van der Waals surface area contributed by atoms with Crippen LogP contribution in [0, 0.1) is 6.92 Å². The average molecular weight is 223 g/mol. The van der Waals surface area contributed by atoms with Gasteiger partial charge in [0, 0.05) is 13.2 Å². The number of aryl methyl sites for hydroxylation is 1. The van der Waals surface area contributed by atoms with Crippen LogP contribution in [0.3, 0.4) is 0 Å². The molecule has 0 saturated carbocycles. The Balaban J connectivity index is 2.26. The molecule has 0 unspecified atom stereocenters. The van der Waals surface area contributed by atoms with Crippen LogP contribution in [0.25, 0.3) is 10.2 Å². The number of hydrogen-bond acceptors (Lipinski definition) is 5. The molecule has 15 heavy (non-hydrogen) atoms. The fourth-order valence-electron chi connectivity index (χ4n) is 1.38. The zero-order valence-electron chi connectivity index (χ0n) is 8.53. The van der Waals surface area contributed by atoms with Gasteiger partial charge in [-0.25, -0.2) is 9.97 Å². The van der Waals surface area contributed by atoms with Gasteiger partial charge in [-0.15, -0.1) is 11.3 Å². The molecule has 2 heterocycles. The molecule has 0 amide bonds. The van der Waals surface area contributed by atoms with E-state index in [1.165, 1.54) is 5.56 Å². The van der Waals surface area contributed by atoms with E-state index in [4.69, 9.17) is 5.11 Å². The zero-order chi connectivity index (χ0) is 10.7. The Bertz CT molecular complexity index is 455. The summed E-state index contributed by atoms with van der Waals surface area (Å²) in [5, 5.41) is 14.0. The van der Waals surface area contributed by atoms with E-state index in [1.807, 2.05) is 6.92 Å². The van der Waals surface area contributed by atoms with Crippen LogP contribution in [0.15, 0.2) is 11.7 Å². The minimum Gasteiger partial charge on any atom is -0.396 e. The maximum Gasteiger partial charge on any atom is 0.147 e. The minimum absolute atomic E-state index is 0.199. The standard InChI is InChI=1S/C10H13N3OS/c1-7-5-15-9-8(7)12-6-13-10(9)11-3-2-4-14/h5-6,14H,2-4H2,1H3,(H,11,12,13). The molecular weight excluding hydrogens is 210 g/mol. The van der Waals surface area contributed by atoms with Crippen molar-refractivity contribution >= 4 is 27.4 Å². The highest BCUT2D eigenvalue weighted by Crippen LogP contribution is 2.28. The van der Waals surface area contributed by atoms with E-state index in [9.17, 15) is 0 Å². The number of aliphatic hydroxyl groups is 1. The lowest BCUT2D eigenvalue weighted by molar-refractivity contribution is 0.292. The van der Waals surface area contributed by atoms with Crippen molar-refractivity contribution in [3.8, 4) is 0 Å². The molecule has 0 saturated heterocycles. The SMILES string of the molecule is Cc1csc2c(NCCCO)ncnc12.